The fraction of sp³-hybridized carbons (Fsp3) is 0.619. The summed E-state index contributed by atoms with van der Waals surface area (Å²) in [5.41, 5.74) is 1.75. The first-order valence-corrected chi connectivity index (χ1v) is 9.80. The van der Waals surface area contributed by atoms with Crippen molar-refractivity contribution in [1.29, 1.82) is 0 Å². The van der Waals surface area contributed by atoms with Crippen LogP contribution in [-0.4, -0.2) is 23.9 Å². The molecule has 0 spiro atoms. The molecule has 3 atom stereocenters. The first-order chi connectivity index (χ1) is 12.2. The van der Waals surface area contributed by atoms with Crippen LogP contribution in [0, 0.1) is 11.3 Å². The molecule has 0 amide bonds. The lowest BCUT2D eigenvalue weighted by Gasteiger charge is -2.43. The Kier molecular flexibility index (Phi) is 5.29. The number of rotatable bonds is 4. The van der Waals surface area contributed by atoms with Crippen LogP contribution >= 0.6 is 12.2 Å². The summed E-state index contributed by atoms with van der Waals surface area (Å²) in [5.74, 6) is 0.372. The monoisotopic (exact) mass is 376 g/mol. The Balaban J connectivity index is 1.80. The van der Waals surface area contributed by atoms with Gasteiger partial charge in [-0.15, -0.1) is 0 Å². The zero-order valence-corrected chi connectivity index (χ0v) is 16.9. The van der Waals surface area contributed by atoms with Crippen LogP contribution < -0.4 is 0 Å². The number of hydrogen-bond donors (Lipinski definition) is 0. The summed E-state index contributed by atoms with van der Waals surface area (Å²) in [6.07, 6.45) is 3.14. The summed E-state index contributed by atoms with van der Waals surface area (Å²) < 4.78 is 17.0. The maximum Gasteiger partial charge on any atom is 0.353 e. The van der Waals surface area contributed by atoms with E-state index in [9.17, 15) is 4.79 Å². The lowest BCUT2D eigenvalue weighted by atomic mass is 9.65. The van der Waals surface area contributed by atoms with Crippen molar-refractivity contribution < 1.29 is 19.0 Å². The number of fused-ring (bicyclic) bond motifs is 1. The van der Waals surface area contributed by atoms with Crippen LogP contribution in [-0.2, 0) is 31.0 Å². The number of hydrogen-bond acceptors (Lipinski definition) is 5. The second kappa shape index (κ2) is 7.18. The molecule has 1 saturated heterocycles. The molecule has 0 aromatic heterocycles. The molecule has 1 aliphatic carbocycles. The minimum Gasteiger partial charge on any atom is -0.466 e. The minimum atomic E-state index is -0.499. The van der Waals surface area contributed by atoms with Crippen LogP contribution in [0.15, 0.2) is 24.3 Å². The lowest BCUT2D eigenvalue weighted by molar-refractivity contribution is -0.142. The molecule has 4 nitrogen and oxygen atoms in total. The number of carbonyl (C=O) groups is 1. The smallest absolute Gasteiger partial charge is 0.353 e. The molecule has 0 unspecified atom stereocenters. The Morgan fingerprint density at radius 3 is 2.62 bits per heavy atom. The molecule has 142 valence electrons. The summed E-state index contributed by atoms with van der Waals surface area (Å²) in [6, 6.07) is 8.02. The highest BCUT2D eigenvalue weighted by Gasteiger charge is 2.55. The van der Waals surface area contributed by atoms with E-state index in [4.69, 9.17) is 26.4 Å². The van der Waals surface area contributed by atoms with E-state index in [1.54, 1.807) is 0 Å². The molecule has 2 aliphatic rings. The van der Waals surface area contributed by atoms with Gasteiger partial charge in [0.25, 0.3) is 0 Å². The van der Waals surface area contributed by atoms with Crippen molar-refractivity contribution in [2.45, 2.75) is 65.1 Å². The first-order valence-electron chi connectivity index (χ1n) is 9.39. The molecule has 26 heavy (non-hydrogen) atoms. The molecule has 0 N–H and O–H groups in total. The Hall–Kier alpha value is -1.62. The first kappa shape index (κ1) is 19.2. The highest BCUT2D eigenvalue weighted by Crippen LogP contribution is 2.51. The summed E-state index contributed by atoms with van der Waals surface area (Å²) >= 11 is 5.24. The third-order valence-corrected chi connectivity index (χ3v) is 5.89. The normalized spacial score (nSPS) is 28.1. The number of carbonyl (C=O) groups excluding carboxylic acids is 1. The van der Waals surface area contributed by atoms with Crippen molar-refractivity contribution in [3.63, 3.8) is 0 Å². The van der Waals surface area contributed by atoms with Gasteiger partial charge in [0.2, 0.25) is 0 Å². The van der Waals surface area contributed by atoms with Crippen molar-refractivity contribution in [2.75, 3.05) is 6.61 Å². The molecule has 0 radical (unpaired) electrons. The molecular formula is C21H28O4S. The Morgan fingerprint density at radius 1 is 1.31 bits per heavy atom. The average molecular weight is 377 g/mol. The second-order valence-electron chi connectivity index (χ2n) is 8.36. The van der Waals surface area contributed by atoms with Crippen LogP contribution in [0.4, 0.5) is 0 Å². The summed E-state index contributed by atoms with van der Waals surface area (Å²) in [6.45, 7) is 9.06. The average Bonchev–Trinajstić information content (AvgIpc) is 2.91. The van der Waals surface area contributed by atoms with Gasteiger partial charge in [-0.25, -0.2) is 0 Å². The zero-order chi connectivity index (χ0) is 18.9. The van der Waals surface area contributed by atoms with Crippen molar-refractivity contribution in [2.24, 2.45) is 11.3 Å². The van der Waals surface area contributed by atoms with E-state index in [0.29, 0.717) is 12.5 Å². The van der Waals surface area contributed by atoms with Crippen LogP contribution in [0.5, 0.6) is 0 Å². The molecule has 1 saturated carbocycles. The number of thiocarbonyl (C=S) groups is 1. The van der Waals surface area contributed by atoms with E-state index in [0.717, 1.165) is 30.4 Å². The van der Waals surface area contributed by atoms with Crippen LogP contribution in [0.25, 0.3) is 0 Å². The van der Waals surface area contributed by atoms with Gasteiger partial charge in [-0.2, -0.15) is 0 Å². The molecule has 5 heteroatoms. The van der Waals surface area contributed by atoms with E-state index in [1.165, 1.54) is 0 Å². The third kappa shape index (κ3) is 3.73. The predicted molar refractivity (Wildman–Crippen MR) is 104 cm³/mol. The quantitative estimate of drug-likeness (QED) is 0.570. The van der Waals surface area contributed by atoms with Gasteiger partial charge in [0, 0.05) is 12.2 Å². The Morgan fingerprint density at radius 2 is 2.00 bits per heavy atom. The van der Waals surface area contributed by atoms with E-state index < -0.39 is 5.60 Å². The van der Waals surface area contributed by atoms with Crippen LogP contribution in [0.3, 0.4) is 0 Å². The fourth-order valence-corrected chi connectivity index (χ4v) is 4.39. The lowest BCUT2D eigenvalue weighted by Crippen LogP contribution is -2.44. The number of ether oxygens (including phenoxy) is 3. The predicted octanol–water partition coefficient (Wildman–Crippen LogP) is 4.53. The fourth-order valence-electron chi connectivity index (χ4n) is 4.12. The highest BCUT2D eigenvalue weighted by atomic mass is 32.1. The van der Waals surface area contributed by atoms with Crippen LogP contribution in [0.1, 0.15) is 58.1 Å². The number of benzene rings is 1. The van der Waals surface area contributed by atoms with Crippen LogP contribution in [0.2, 0.25) is 0 Å². The third-order valence-electron chi connectivity index (χ3n) is 5.71. The van der Waals surface area contributed by atoms with Gasteiger partial charge >= 0.3 is 11.2 Å². The minimum absolute atomic E-state index is 0.0520. The molecule has 1 aliphatic heterocycles. The largest absolute Gasteiger partial charge is 0.466 e. The molecule has 1 heterocycles. The molecule has 3 rings (SSSR count). The van der Waals surface area contributed by atoms with Crippen molar-refractivity contribution >= 4 is 23.4 Å². The van der Waals surface area contributed by atoms with Gasteiger partial charge in [0.05, 0.1) is 13.0 Å². The van der Waals surface area contributed by atoms with Gasteiger partial charge in [0.15, 0.2) is 5.60 Å². The summed E-state index contributed by atoms with van der Waals surface area (Å²) in [5, 5.41) is 0.250. The van der Waals surface area contributed by atoms with Gasteiger partial charge in [-0.05, 0) is 48.6 Å². The van der Waals surface area contributed by atoms with Gasteiger partial charge < -0.3 is 14.2 Å². The topological polar surface area (TPSA) is 44.8 Å². The Labute approximate surface area is 161 Å². The van der Waals surface area contributed by atoms with E-state index in [-0.39, 0.29) is 29.1 Å². The van der Waals surface area contributed by atoms with Gasteiger partial charge in [0.1, 0.15) is 6.10 Å². The molecule has 2 fully saturated rings. The molecular weight excluding hydrogens is 348 g/mol. The van der Waals surface area contributed by atoms with Crippen molar-refractivity contribution in [1.82, 2.24) is 0 Å². The van der Waals surface area contributed by atoms with E-state index >= 15 is 0 Å². The molecule has 1 aromatic carbocycles. The maximum absolute atomic E-state index is 11.7. The van der Waals surface area contributed by atoms with Gasteiger partial charge in [-0.1, -0.05) is 45.0 Å². The summed E-state index contributed by atoms with van der Waals surface area (Å²) in [7, 11) is 0. The maximum atomic E-state index is 11.7. The highest BCUT2D eigenvalue weighted by molar-refractivity contribution is 7.79. The van der Waals surface area contributed by atoms with Gasteiger partial charge in [-0.3, -0.25) is 4.79 Å². The molecule has 1 aromatic rings. The van der Waals surface area contributed by atoms with Crippen molar-refractivity contribution in [3.8, 4) is 0 Å². The number of esters is 1. The summed E-state index contributed by atoms with van der Waals surface area (Å²) in [4.78, 5) is 11.7. The standard InChI is InChI=1S/C21H28O4S/c1-5-23-18(22)12-14-6-8-15(9-7-14)21-11-10-16(20(2,3)4)13-17(21)24-19(26)25-21/h6-9,16-17H,5,10-13H2,1-4H3/t16-,17-,21-/m1/s1. The van der Waals surface area contributed by atoms with Crippen molar-refractivity contribution in [3.05, 3.63) is 35.4 Å². The van der Waals surface area contributed by atoms with E-state index in [2.05, 4.69) is 20.8 Å². The SMILES string of the molecule is CCOC(=O)Cc1ccc([C@]23CC[C@@H](C(C)(C)C)C[C@H]2OC(=S)O3)cc1. The zero-order valence-electron chi connectivity index (χ0n) is 16.0. The molecule has 0 bridgehead atoms. The Bertz CT molecular complexity index is 676. The second-order valence-corrected chi connectivity index (χ2v) is 8.70. The van der Waals surface area contributed by atoms with E-state index in [1.807, 2.05) is 31.2 Å².